The summed E-state index contributed by atoms with van der Waals surface area (Å²) in [5.41, 5.74) is 10.4. The molecule has 0 aliphatic rings. The highest BCUT2D eigenvalue weighted by molar-refractivity contribution is 7.17. The Morgan fingerprint density at radius 1 is 1.27 bits per heavy atom. The summed E-state index contributed by atoms with van der Waals surface area (Å²) in [6.07, 6.45) is 1.53. The van der Waals surface area contributed by atoms with E-state index in [1.807, 2.05) is 37.3 Å². The van der Waals surface area contributed by atoms with E-state index in [0.29, 0.717) is 45.4 Å². The Morgan fingerprint density at radius 3 is 2.80 bits per heavy atom. The van der Waals surface area contributed by atoms with Crippen molar-refractivity contribution < 1.29 is 14.3 Å². The lowest BCUT2D eigenvalue weighted by molar-refractivity contribution is 0.0958. The number of nitrogen functional groups attached to an aromatic ring is 1. The molecular weight excluding hydrogens is 424 g/mol. The minimum atomic E-state index is -0.357. The fraction of sp³-hybridized carbons (Fsp3) is 0.190. The predicted molar refractivity (Wildman–Crippen MR) is 120 cm³/mol. The number of aryl methyl sites for hydroxylation is 1. The molecule has 7 nitrogen and oxygen atoms in total. The van der Waals surface area contributed by atoms with Gasteiger partial charge in [-0.3, -0.25) is 4.79 Å². The van der Waals surface area contributed by atoms with Crippen LogP contribution in [0.2, 0.25) is 5.02 Å². The number of carbonyl (C=O) groups is 1. The van der Waals surface area contributed by atoms with E-state index >= 15 is 0 Å². The van der Waals surface area contributed by atoms with Crippen LogP contribution >= 0.6 is 22.9 Å². The average molecular weight is 445 g/mol. The minimum Gasteiger partial charge on any atom is -0.490 e. The monoisotopic (exact) mass is 444 g/mol. The number of anilines is 1. The standard InChI is InChI=1S/C21H21ClN4O3S/c1-3-28-18-10-14(11-24-26-20(27)19-13(2)25-21(23)30-19)7-8-17(18)29-12-15-5-4-6-16(22)9-15/h4-11H,3,12H2,1-2H3,(H2,23,25)(H,26,27). The van der Waals surface area contributed by atoms with Crippen molar-refractivity contribution in [2.45, 2.75) is 20.5 Å². The second-order valence-electron chi connectivity index (χ2n) is 6.22. The Hall–Kier alpha value is -3.10. The van der Waals surface area contributed by atoms with Gasteiger partial charge >= 0.3 is 0 Å². The highest BCUT2D eigenvalue weighted by atomic mass is 35.5. The molecule has 0 unspecified atom stereocenters. The maximum atomic E-state index is 12.2. The Bertz CT molecular complexity index is 1070. The maximum absolute atomic E-state index is 12.2. The zero-order valence-corrected chi connectivity index (χ0v) is 18.1. The first kappa shape index (κ1) is 21.6. The van der Waals surface area contributed by atoms with Crippen molar-refractivity contribution in [1.82, 2.24) is 10.4 Å². The molecule has 3 N–H and O–H groups in total. The third-order valence-corrected chi connectivity index (χ3v) is 5.17. The highest BCUT2D eigenvalue weighted by Crippen LogP contribution is 2.29. The van der Waals surface area contributed by atoms with Crippen molar-refractivity contribution in [2.75, 3.05) is 12.3 Å². The molecule has 3 rings (SSSR count). The van der Waals surface area contributed by atoms with Crippen molar-refractivity contribution in [3.63, 3.8) is 0 Å². The Balaban J connectivity index is 1.67. The number of benzene rings is 2. The van der Waals surface area contributed by atoms with Crippen molar-refractivity contribution in [3.8, 4) is 11.5 Å². The van der Waals surface area contributed by atoms with Crippen LogP contribution in [0.1, 0.15) is 33.4 Å². The number of amides is 1. The first-order chi connectivity index (χ1) is 14.5. The number of hydrogen-bond acceptors (Lipinski definition) is 7. The Kier molecular flexibility index (Phi) is 7.26. The molecule has 3 aromatic rings. The van der Waals surface area contributed by atoms with E-state index in [4.69, 9.17) is 26.8 Å². The first-order valence-electron chi connectivity index (χ1n) is 9.16. The lowest BCUT2D eigenvalue weighted by atomic mass is 10.2. The number of aromatic nitrogens is 1. The van der Waals surface area contributed by atoms with E-state index < -0.39 is 0 Å². The van der Waals surface area contributed by atoms with Crippen molar-refractivity contribution in [3.05, 3.63) is 69.2 Å². The largest absolute Gasteiger partial charge is 0.490 e. The molecule has 0 bridgehead atoms. The second kappa shape index (κ2) is 10.1. The molecule has 0 fully saturated rings. The van der Waals surface area contributed by atoms with Gasteiger partial charge in [-0.2, -0.15) is 5.10 Å². The fourth-order valence-corrected chi connectivity index (χ4v) is 3.56. The van der Waals surface area contributed by atoms with Gasteiger partial charge in [-0.25, -0.2) is 10.4 Å². The van der Waals surface area contributed by atoms with E-state index in [1.54, 1.807) is 19.1 Å². The SMILES string of the molecule is CCOc1cc(C=NNC(=O)c2sc(N)nc2C)ccc1OCc1cccc(Cl)c1. The molecule has 2 aromatic carbocycles. The van der Waals surface area contributed by atoms with Crippen LogP contribution in [0.15, 0.2) is 47.6 Å². The third-order valence-electron chi connectivity index (χ3n) is 3.95. The fourth-order valence-electron chi connectivity index (χ4n) is 2.62. The van der Waals surface area contributed by atoms with Gasteiger partial charge in [0, 0.05) is 5.02 Å². The number of rotatable bonds is 8. The summed E-state index contributed by atoms with van der Waals surface area (Å²) in [4.78, 5) is 16.6. The van der Waals surface area contributed by atoms with Gasteiger partial charge in [-0.05, 0) is 55.3 Å². The zero-order valence-electron chi connectivity index (χ0n) is 16.5. The summed E-state index contributed by atoms with van der Waals surface area (Å²) in [5.74, 6) is 0.833. The number of nitrogens with one attached hydrogen (secondary N) is 1. The molecule has 0 saturated heterocycles. The smallest absolute Gasteiger partial charge is 0.283 e. The maximum Gasteiger partial charge on any atom is 0.283 e. The average Bonchev–Trinajstić information content (AvgIpc) is 3.06. The lowest BCUT2D eigenvalue weighted by Gasteiger charge is -2.12. The Labute approximate surface area is 183 Å². The number of nitrogens with zero attached hydrogens (tertiary/aromatic N) is 2. The number of hydrogen-bond donors (Lipinski definition) is 2. The lowest BCUT2D eigenvalue weighted by Crippen LogP contribution is -2.17. The molecule has 9 heteroatoms. The van der Waals surface area contributed by atoms with E-state index in [1.165, 1.54) is 6.21 Å². The number of ether oxygens (including phenoxy) is 2. The van der Waals surface area contributed by atoms with Crippen molar-refractivity contribution in [1.29, 1.82) is 0 Å². The van der Waals surface area contributed by atoms with E-state index in [0.717, 1.165) is 22.5 Å². The number of hydrazone groups is 1. The van der Waals surface area contributed by atoms with Gasteiger partial charge in [0.05, 0.1) is 18.5 Å². The molecule has 1 amide bonds. The van der Waals surface area contributed by atoms with Crippen LogP contribution in [0.25, 0.3) is 0 Å². The van der Waals surface area contributed by atoms with Crippen molar-refractivity contribution in [2.24, 2.45) is 5.10 Å². The zero-order chi connectivity index (χ0) is 21.5. The number of carbonyl (C=O) groups excluding carboxylic acids is 1. The molecule has 1 heterocycles. The van der Waals surface area contributed by atoms with Gasteiger partial charge in [-0.15, -0.1) is 0 Å². The summed E-state index contributed by atoms with van der Waals surface area (Å²) in [5, 5.41) is 5.01. The summed E-state index contributed by atoms with van der Waals surface area (Å²) < 4.78 is 11.6. The van der Waals surface area contributed by atoms with E-state index in [2.05, 4.69) is 15.5 Å². The molecule has 0 spiro atoms. The van der Waals surface area contributed by atoms with Crippen molar-refractivity contribution >= 4 is 40.2 Å². The normalized spacial score (nSPS) is 10.9. The van der Waals surface area contributed by atoms with Gasteiger partial charge in [0.2, 0.25) is 0 Å². The Morgan fingerprint density at radius 2 is 2.10 bits per heavy atom. The molecule has 30 heavy (non-hydrogen) atoms. The van der Waals surface area contributed by atoms with Crippen LogP contribution in [0.4, 0.5) is 5.13 Å². The molecule has 0 aliphatic heterocycles. The summed E-state index contributed by atoms with van der Waals surface area (Å²) in [7, 11) is 0. The van der Waals surface area contributed by atoms with Gasteiger partial charge in [-0.1, -0.05) is 35.1 Å². The number of thiazole rings is 1. The van der Waals surface area contributed by atoms with Crippen LogP contribution in [0, 0.1) is 6.92 Å². The molecular formula is C21H21ClN4O3S. The molecule has 0 saturated carbocycles. The van der Waals surface area contributed by atoms with Crippen LogP contribution in [0.5, 0.6) is 11.5 Å². The number of halogens is 1. The molecule has 156 valence electrons. The van der Waals surface area contributed by atoms with Crippen LogP contribution in [-0.4, -0.2) is 23.7 Å². The quantitative estimate of drug-likeness (QED) is 0.395. The summed E-state index contributed by atoms with van der Waals surface area (Å²) in [6, 6.07) is 12.9. The van der Waals surface area contributed by atoms with E-state index in [9.17, 15) is 4.79 Å². The topological polar surface area (TPSA) is 98.8 Å². The van der Waals surface area contributed by atoms with Gasteiger partial charge in [0.1, 0.15) is 11.5 Å². The second-order valence-corrected chi connectivity index (χ2v) is 7.69. The molecule has 0 atom stereocenters. The predicted octanol–water partition coefficient (Wildman–Crippen LogP) is 4.43. The van der Waals surface area contributed by atoms with Crippen LogP contribution < -0.4 is 20.6 Å². The van der Waals surface area contributed by atoms with Crippen LogP contribution in [-0.2, 0) is 6.61 Å². The van der Waals surface area contributed by atoms with E-state index in [-0.39, 0.29) is 5.91 Å². The minimum absolute atomic E-state index is 0.344. The van der Waals surface area contributed by atoms with Crippen LogP contribution in [0.3, 0.4) is 0 Å². The summed E-state index contributed by atoms with van der Waals surface area (Å²) >= 11 is 7.13. The molecule has 1 aromatic heterocycles. The summed E-state index contributed by atoms with van der Waals surface area (Å²) in [6.45, 7) is 4.46. The molecule has 0 aliphatic carbocycles. The third kappa shape index (κ3) is 5.71. The molecule has 0 radical (unpaired) electrons. The first-order valence-corrected chi connectivity index (χ1v) is 10.4. The highest BCUT2D eigenvalue weighted by Gasteiger charge is 2.13. The van der Waals surface area contributed by atoms with Gasteiger partial charge in [0.25, 0.3) is 5.91 Å². The van der Waals surface area contributed by atoms with Gasteiger partial charge in [0.15, 0.2) is 16.6 Å². The van der Waals surface area contributed by atoms with Gasteiger partial charge < -0.3 is 15.2 Å². The number of nitrogens with two attached hydrogens (primary N) is 1.